The van der Waals surface area contributed by atoms with E-state index in [0.29, 0.717) is 22.8 Å². The van der Waals surface area contributed by atoms with Crippen molar-refractivity contribution < 1.29 is 0 Å². The molecule has 1 N–H and O–H groups in total. The number of hydrogen-bond donors (Lipinski definition) is 1. The second kappa shape index (κ2) is 5.05. The molecule has 0 unspecified atom stereocenters. The van der Waals surface area contributed by atoms with Crippen molar-refractivity contribution in [2.24, 2.45) is 0 Å². The molecule has 0 amide bonds. The zero-order valence-corrected chi connectivity index (χ0v) is 12.1. The topological polar surface area (TPSA) is 59.3 Å². The highest BCUT2D eigenvalue weighted by molar-refractivity contribution is 7.11. The summed E-state index contributed by atoms with van der Waals surface area (Å²) in [6.07, 6.45) is 0.704. The number of aromatic nitrogens is 3. The lowest BCUT2D eigenvalue weighted by atomic mass is 10.3. The molecule has 2 heterocycles. The maximum atomic E-state index is 12.6. The molecule has 0 fully saturated rings. The molecule has 0 bridgehead atoms. The van der Waals surface area contributed by atoms with E-state index in [1.165, 1.54) is 11.5 Å². The number of nitrogens with zero attached hydrogens (tertiary/aromatic N) is 3. The molecule has 1 aromatic carbocycles. The van der Waals surface area contributed by atoms with Crippen LogP contribution in [-0.2, 0) is 6.42 Å². The van der Waals surface area contributed by atoms with Gasteiger partial charge < -0.3 is 5.32 Å². The van der Waals surface area contributed by atoms with Crippen LogP contribution < -0.4 is 10.9 Å². The van der Waals surface area contributed by atoms with Crippen molar-refractivity contribution in [2.45, 2.75) is 20.3 Å². The van der Waals surface area contributed by atoms with Crippen LogP contribution in [0.3, 0.4) is 0 Å². The van der Waals surface area contributed by atoms with Gasteiger partial charge in [-0.25, -0.2) is 9.38 Å². The second-order valence-electron chi connectivity index (χ2n) is 4.44. The summed E-state index contributed by atoms with van der Waals surface area (Å²) in [6, 6.07) is 9.61. The molecule has 102 valence electrons. The number of nitrogens with one attached hydrogen (secondary N) is 1. The van der Waals surface area contributed by atoms with E-state index in [-0.39, 0.29) is 5.56 Å². The molecule has 3 aromatic rings. The molecule has 6 heteroatoms. The molecule has 0 saturated heterocycles. The van der Waals surface area contributed by atoms with Crippen LogP contribution in [0.5, 0.6) is 0 Å². The molecule has 3 rings (SSSR count). The Morgan fingerprint density at radius 1 is 1.30 bits per heavy atom. The van der Waals surface area contributed by atoms with Crippen LogP contribution in [0, 0.1) is 6.92 Å². The van der Waals surface area contributed by atoms with Gasteiger partial charge in [0.05, 0.1) is 5.69 Å². The standard InChI is InChI=1S/C14H14N4OS/c1-3-11-17-20-14-15-9(2)12(13(19)18(11)14)16-10-7-5-4-6-8-10/h4-8,16H,3H2,1-2H3. The Hall–Kier alpha value is -2.21. The van der Waals surface area contributed by atoms with Gasteiger partial charge in [-0.1, -0.05) is 25.1 Å². The predicted molar refractivity (Wildman–Crippen MR) is 81.0 cm³/mol. The van der Waals surface area contributed by atoms with E-state index in [4.69, 9.17) is 0 Å². The summed E-state index contributed by atoms with van der Waals surface area (Å²) in [4.78, 5) is 17.7. The molecule has 0 atom stereocenters. The van der Waals surface area contributed by atoms with Gasteiger partial charge in [0.2, 0.25) is 4.96 Å². The number of rotatable bonds is 3. The van der Waals surface area contributed by atoms with Gasteiger partial charge in [0.1, 0.15) is 11.5 Å². The lowest BCUT2D eigenvalue weighted by Crippen LogP contribution is -2.20. The van der Waals surface area contributed by atoms with E-state index in [0.717, 1.165) is 11.5 Å². The predicted octanol–water partition coefficient (Wildman–Crippen LogP) is 2.77. The minimum Gasteiger partial charge on any atom is -0.350 e. The third-order valence-electron chi connectivity index (χ3n) is 3.08. The van der Waals surface area contributed by atoms with Gasteiger partial charge in [0.15, 0.2) is 0 Å². The third-order valence-corrected chi connectivity index (χ3v) is 3.82. The fourth-order valence-corrected chi connectivity index (χ4v) is 2.90. The van der Waals surface area contributed by atoms with Crippen LogP contribution in [0.15, 0.2) is 35.1 Å². The summed E-state index contributed by atoms with van der Waals surface area (Å²) in [6.45, 7) is 3.81. The molecule has 0 radical (unpaired) electrons. The highest BCUT2D eigenvalue weighted by atomic mass is 32.1. The minimum absolute atomic E-state index is 0.0954. The summed E-state index contributed by atoms with van der Waals surface area (Å²) in [7, 11) is 0. The Labute approximate surface area is 120 Å². The highest BCUT2D eigenvalue weighted by Crippen LogP contribution is 2.18. The first-order valence-corrected chi connectivity index (χ1v) is 7.18. The molecule has 0 saturated carbocycles. The van der Waals surface area contributed by atoms with Crippen LogP contribution in [0.4, 0.5) is 11.4 Å². The zero-order chi connectivity index (χ0) is 14.1. The Morgan fingerprint density at radius 2 is 2.05 bits per heavy atom. The normalized spacial score (nSPS) is 10.9. The van der Waals surface area contributed by atoms with Crippen LogP contribution >= 0.6 is 11.5 Å². The number of anilines is 2. The van der Waals surface area contributed by atoms with Gasteiger partial charge in [-0.2, -0.15) is 4.37 Å². The van der Waals surface area contributed by atoms with Gasteiger partial charge in [-0.3, -0.25) is 4.79 Å². The largest absolute Gasteiger partial charge is 0.350 e. The second-order valence-corrected chi connectivity index (χ2v) is 5.17. The first-order valence-electron chi connectivity index (χ1n) is 6.40. The first kappa shape index (κ1) is 12.8. The molecule has 5 nitrogen and oxygen atoms in total. The van der Waals surface area contributed by atoms with Gasteiger partial charge in [0.25, 0.3) is 5.56 Å². The lowest BCUT2D eigenvalue weighted by molar-refractivity contribution is 0.900. The van der Waals surface area contributed by atoms with Crippen molar-refractivity contribution in [2.75, 3.05) is 5.32 Å². The Kier molecular flexibility index (Phi) is 3.23. The molecule has 0 aliphatic carbocycles. The minimum atomic E-state index is -0.0954. The van der Waals surface area contributed by atoms with E-state index in [9.17, 15) is 4.79 Å². The van der Waals surface area contributed by atoms with Crippen LogP contribution in [0.2, 0.25) is 0 Å². The van der Waals surface area contributed by atoms with Crippen molar-refractivity contribution in [1.29, 1.82) is 0 Å². The summed E-state index contributed by atoms with van der Waals surface area (Å²) < 4.78 is 5.86. The van der Waals surface area contributed by atoms with Gasteiger partial charge in [0, 0.05) is 23.6 Å². The van der Waals surface area contributed by atoms with Crippen molar-refractivity contribution in [3.8, 4) is 0 Å². The van der Waals surface area contributed by atoms with Crippen LogP contribution in [-0.4, -0.2) is 13.8 Å². The van der Waals surface area contributed by atoms with Crippen molar-refractivity contribution in [3.63, 3.8) is 0 Å². The van der Waals surface area contributed by atoms with Crippen molar-refractivity contribution >= 4 is 27.9 Å². The monoisotopic (exact) mass is 286 g/mol. The average molecular weight is 286 g/mol. The molecule has 2 aromatic heterocycles. The van der Waals surface area contributed by atoms with Crippen LogP contribution in [0.1, 0.15) is 18.4 Å². The van der Waals surface area contributed by atoms with Crippen LogP contribution in [0.25, 0.3) is 4.96 Å². The molecule has 0 aliphatic heterocycles. The van der Waals surface area contributed by atoms with Gasteiger partial charge >= 0.3 is 0 Å². The maximum Gasteiger partial charge on any atom is 0.284 e. The quantitative estimate of drug-likeness (QED) is 0.804. The molecule has 20 heavy (non-hydrogen) atoms. The zero-order valence-electron chi connectivity index (χ0n) is 11.3. The maximum absolute atomic E-state index is 12.6. The molecule has 0 spiro atoms. The summed E-state index contributed by atoms with van der Waals surface area (Å²) in [5, 5.41) is 3.15. The smallest absolute Gasteiger partial charge is 0.284 e. The SMILES string of the molecule is CCc1nsc2nc(C)c(Nc3ccccc3)c(=O)n12. The first-order chi connectivity index (χ1) is 9.70. The van der Waals surface area contributed by atoms with Gasteiger partial charge in [-0.15, -0.1) is 0 Å². The number of benzene rings is 1. The molecular formula is C14H14N4OS. The Balaban J connectivity index is 2.18. The Morgan fingerprint density at radius 3 is 2.75 bits per heavy atom. The fraction of sp³-hybridized carbons (Fsp3) is 0.214. The molecular weight excluding hydrogens is 272 g/mol. The number of fused-ring (bicyclic) bond motifs is 1. The molecule has 0 aliphatic rings. The van der Waals surface area contributed by atoms with Crippen molar-refractivity contribution in [1.82, 2.24) is 13.8 Å². The highest BCUT2D eigenvalue weighted by Gasteiger charge is 2.14. The van der Waals surface area contributed by atoms with Crippen molar-refractivity contribution in [3.05, 3.63) is 52.2 Å². The number of hydrogen-bond acceptors (Lipinski definition) is 5. The average Bonchev–Trinajstić information content (AvgIpc) is 2.87. The number of para-hydroxylation sites is 1. The van der Waals surface area contributed by atoms with E-state index in [2.05, 4.69) is 14.7 Å². The fourth-order valence-electron chi connectivity index (χ4n) is 2.06. The van der Waals surface area contributed by atoms with Gasteiger partial charge in [-0.05, 0) is 19.1 Å². The summed E-state index contributed by atoms with van der Waals surface area (Å²) in [5.74, 6) is 0.749. The van der Waals surface area contributed by atoms with E-state index in [1.807, 2.05) is 44.2 Å². The van der Waals surface area contributed by atoms with E-state index >= 15 is 0 Å². The summed E-state index contributed by atoms with van der Waals surface area (Å²) >= 11 is 1.26. The summed E-state index contributed by atoms with van der Waals surface area (Å²) in [5.41, 5.74) is 1.96. The Bertz CT molecular complexity index is 807. The van der Waals surface area contributed by atoms with E-state index < -0.39 is 0 Å². The van der Waals surface area contributed by atoms with E-state index in [1.54, 1.807) is 4.40 Å². The third kappa shape index (κ3) is 2.08. The number of aryl methyl sites for hydroxylation is 2. The lowest BCUT2D eigenvalue weighted by Gasteiger charge is -2.08.